The molecule has 3 fully saturated rings. The minimum absolute atomic E-state index is 0.0601. The quantitative estimate of drug-likeness (QED) is 0.0685. The number of aliphatic hydroxyl groups excluding tert-OH is 4. The average Bonchev–Trinajstić information content (AvgIpc) is 3.14. The molecule has 3 rings (SSSR count). The van der Waals surface area contributed by atoms with E-state index in [1.807, 2.05) is 0 Å². The lowest BCUT2D eigenvalue weighted by Gasteiger charge is -2.49. The lowest BCUT2D eigenvalue weighted by atomic mass is 9.83. The lowest BCUT2D eigenvalue weighted by Crippen LogP contribution is -2.70. The Morgan fingerprint density at radius 1 is 0.597 bits per heavy atom. The Hall–Kier alpha value is -4.21. The molecule has 67 heavy (non-hydrogen) atoms. The minimum atomic E-state index is -1.88. The fourth-order valence-electron chi connectivity index (χ4n) is 7.44. The van der Waals surface area contributed by atoms with E-state index in [-0.39, 0.29) is 32.4 Å². The van der Waals surface area contributed by atoms with Gasteiger partial charge in [-0.1, -0.05) is 6.92 Å². The number of hydrogen-bond donors (Lipinski definition) is 9. The summed E-state index contributed by atoms with van der Waals surface area (Å²) in [6, 6.07) is -3.96. The highest BCUT2D eigenvalue weighted by Crippen LogP contribution is 2.35. The summed E-state index contributed by atoms with van der Waals surface area (Å²) in [7, 11) is 0. The summed E-state index contributed by atoms with van der Waals surface area (Å²) < 4.78 is 47.0. The zero-order valence-corrected chi connectivity index (χ0v) is 41.2. The van der Waals surface area contributed by atoms with Crippen LogP contribution < -0.4 is 26.6 Å². The highest BCUT2D eigenvalue weighted by molar-refractivity contribution is 5.76. The second-order valence-corrected chi connectivity index (χ2v) is 21.2. The molecule has 22 nitrogen and oxygen atoms in total. The van der Waals surface area contributed by atoms with E-state index < -0.39 is 138 Å². The Morgan fingerprint density at radius 3 is 1.54 bits per heavy atom. The van der Waals surface area contributed by atoms with E-state index in [0.717, 1.165) is 0 Å². The van der Waals surface area contributed by atoms with Crippen molar-refractivity contribution in [1.82, 2.24) is 26.6 Å². The third-order valence-electron chi connectivity index (χ3n) is 10.2. The van der Waals surface area contributed by atoms with E-state index in [1.165, 1.54) is 0 Å². The maximum atomic E-state index is 13.4. The molecule has 2 aliphatic heterocycles. The molecule has 0 spiro atoms. The topological polar surface area (TPSA) is 300 Å². The van der Waals surface area contributed by atoms with Gasteiger partial charge in [0.25, 0.3) is 0 Å². The van der Waals surface area contributed by atoms with Crippen molar-refractivity contribution in [3.63, 3.8) is 0 Å². The van der Waals surface area contributed by atoms with Gasteiger partial charge in [0.2, 0.25) is 5.91 Å². The molecule has 0 aromatic carbocycles. The van der Waals surface area contributed by atoms with E-state index >= 15 is 0 Å². The molecule has 0 bridgehead atoms. The highest BCUT2D eigenvalue weighted by atomic mass is 16.7. The maximum absolute atomic E-state index is 13.4. The van der Waals surface area contributed by atoms with Crippen LogP contribution in [-0.2, 0) is 42.7 Å². The van der Waals surface area contributed by atoms with Crippen molar-refractivity contribution in [2.24, 2.45) is 5.92 Å². The SMILES string of the molecule is C#CCCCC(=O)NCC1O[C@H](O[C@H]2[C@H](NC(=O)OC(C)(C)C)C[C@H](NC(=O)OC(C)(C)C)C(O[C@H]3O[C@H](CNC(=O)OC(C)(C)C)[C@@H](O)CC3C)[C@@H]2O)C(O)C(NC(=O)OC(C)(C)C)[C@@H]1O. The van der Waals surface area contributed by atoms with Gasteiger partial charge >= 0.3 is 24.4 Å². The van der Waals surface area contributed by atoms with Crippen molar-refractivity contribution in [3.05, 3.63) is 0 Å². The van der Waals surface area contributed by atoms with Crippen LogP contribution in [-0.4, -0.2) is 166 Å². The van der Waals surface area contributed by atoms with E-state index in [9.17, 15) is 44.4 Å². The standard InChI is InChI=1S/C45H77N5O17/c1-15-16-17-18-29(52)46-22-28-31(53)30(50-41(59)67-45(12,13)14)32(54)37(61-28)63-35-25(49-40(58)66-44(9,10)11)20-24(48-39(57)65-43(6,7)8)34(33(35)55)62-36-23(2)19-26(51)27(60-36)21-47-38(56)64-42(3,4)5/h1,23-28,30-37,51,53-55H,16-22H2,2-14H3,(H,46,52)(H,47,56)(H,48,57)(H,49,58)(H,50,59)/t23?,24-,25+,26-,27+,28?,30?,31+,32?,33-,34?,35-,36+,37+/m0/s1. The van der Waals surface area contributed by atoms with Crippen molar-refractivity contribution in [3.8, 4) is 12.3 Å². The summed E-state index contributed by atoms with van der Waals surface area (Å²) in [4.78, 5) is 65.2. The fraction of sp³-hybridized carbons (Fsp3) is 0.844. The lowest BCUT2D eigenvalue weighted by molar-refractivity contribution is -0.317. The third kappa shape index (κ3) is 19.4. The number of alkyl carbamates (subject to hydrolysis) is 4. The van der Waals surface area contributed by atoms with E-state index in [4.69, 9.17) is 44.3 Å². The molecule has 1 aliphatic carbocycles. The van der Waals surface area contributed by atoms with Gasteiger partial charge in [0.15, 0.2) is 12.6 Å². The predicted molar refractivity (Wildman–Crippen MR) is 239 cm³/mol. The molecule has 14 atom stereocenters. The normalized spacial score (nSPS) is 31.5. The first-order valence-electron chi connectivity index (χ1n) is 22.8. The van der Waals surface area contributed by atoms with Gasteiger partial charge in [-0.15, -0.1) is 12.3 Å². The Balaban J connectivity index is 2.07. The Morgan fingerprint density at radius 2 is 1.04 bits per heavy atom. The molecule has 3 aliphatic rings. The van der Waals surface area contributed by atoms with Crippen LogP contribution in [0.1, 0.15) is 122 Å². The third-order valence-corrected chi connectivity index (χ3v) is 10.2. The van der Waals surface area contributed by atoms with Gasteiger partial charge in [-0.2, -0.15) is 0 Å². The summed E-state index contributed by atoms with van der Waals surface area (Å²) >= 11 is 0. The molecule has 5 amide bonds. The molecule has 9 N–H and O–H groups in total. The largest absolute Gasteiger partial charge is 0.444 e. The molecule has 384 valence electrons. The van der Waals surface area contributed by atoms with Crippen LogP contribution in [0.4, 0.5) is 19.2 Å². The van der Waals surface area contributed by atoms with Crippen molar-refractivity contribution < 1.29 is 82.3 Å². The van der Waals surface area contributed by atoms with E-state index in [2.05, 4.69) is 32.5 Å². The van der Waals surface area contributed by atoms with Crippen LogP contribution in [0.2, 0.25) is 0 Å². The summed E-state index contributed by atoms with van der Waals surface area (Å²) in [5, 5.41) is 59.9. The molecule has 0 aromatic heterocycles. The number of rotatable bonds is 14. The summed E-state index contributed by atoms with van der Waals surface area (Å²) in [5.74, 6) is 1.50. The zero-order chi connectivity index (χ0) is 50.8. The number of carbonyl (C=O) groups excluding carboxylic acids is 5. The first-order valence-corrected chi connectivity index (χ1v) is 22.8. The van der Waals surface area contributed by atoms with Crippen LogP contribution in [0.15, 0.2) is 0 Å². The van der Waals surface area contributed by atoms with Crippen molar-refractivity contribution >= 4 is 30.3 Å². The number of terminal acetylenes is 1. The molecule has 2 saturated heterocycles. The van der Waals surface area contributed by atoms with Crippen molar-refractivity contribution in [2.45, 2.75) is 224 Å². The molecular weight excluding hydrogens is 883 g/mol. The van der Waals surface area contributed by atoms with Gasteiger partial charge in [-0.05, 0) is 102 Å². The first kappa shape index (κ1) is 57.1. The average molecular weight is 960 g/mol. The van der Waals surface area contributed by atoms with Crippen LogP contribution in [0.3, 0.4) is 0 Å². The maximum Gasteiger partial charge on any atom is 0.408 e. The van der Waals surface area contributed by atoms with E-state index in [1.54, 1.807) is 90.0 Å². The second kappa shape index (κ2) is 23.9. The molecule has 5 unspecified atom stereocenters. The van der Waals surface area contributed by atoms with Crippen LogP contribution in [0.5, 0.6) is 0 Å². The number of unbranched alkanes of at least 4 members (excludes halogenated alkanes) is 1. The number of nitrogens with one attached hydrogen (secondary N) is 5. The summed E-state index contributed by atoms with van der Waals surface area (Å²) in [5.41, 5.74) is -3.73. The Labute approximate surface area is 393 Å². The monoisotopic (exact) mass is 960 g/mol. The molecule has 1 saturated carbocycles. The van der Waals surface area contributed by atoms with E-state index in [0.29, 0.717) is 12.8 Å². The van der Waals surface area contributed by atoms with Gasteiger partial charge in [0, 0.05) is 31.8 Å². The van der Waals surface area contributed by atoms with Crippen LogP contribution in [0, 0.1) is 18.3 Å². The second-order valence-electron chi connectivity index (χ2n) is 21.2. The number of hydrogen-bond acceptors (Lipinski definition) is 17. The number of aliphatic hydroxyl groups is 4. The molecular formula is C45H77N5O17. The van der Waals surface area contributed by atoms with Gasteiger partial charge < -0.3 is 84.9 Å². The molecule has 22 heteroatoms. The fourth-order valence-corrected chi connectivity index (χ4v) is 7.44. The summed E-state index contributed by atoms with van der Waals surface area (Å²) in [6.45, 7) is 21.0. The zero-order valence-electron chi connectivity index (χ0n) is 41.2. The number of ether oxygens (including phenoxy) is 8. The van der Waals surface area contributed by atoms with Crippen molar-refractivity contribution in [2.75, 3.05) is 13.1 Å². The molecule has 0 aromatic rings. The van der Waals surface area contributed by atoms with Gasteiger partial charge in [0.05, 0.1) is 24.2 Å². The molecule has 2 heterocycles. The van der Waals surface area contributed by atoms with Crippen LogP contribution in [0.25, 0.3) is 0 Å². The van der Waals surface area contributed by atoms with Gasteiger partial charge in [-0.3, -0.25) is 4.79 Å². The smallest absolute Gasteiger partial charge is 0.408 e. The first-order chi connectivity index (χ1) is 30.8. The summed E-state index contributed by atoms with van der Waals surface area (Å²) in [6.07, 6.45) is -12.4. The number of carbonyl (C=O) groups is 5. The highest BCUT2D eigenvalue weighted by Gasteiger charge is 2.54. The Kier molecular flexibility index (Phi) is 20.4. The van der Waals surface area contributed by atoms with Gasteiger partial charge in [0.1, 0.15) is 65.1 Å². The van der Waals surface area contributed by atoms with Crippen molar-refractivity contribution in [1.29, 1.82) is 0 Å². The minimum Gasteiger partial charge on any atom is -0.444 e. The number of amides is 5. The Bertz CT molecular complexity index is 1700. The predicted octanol–water partition coefficient (Wildman–Crippen LogP) is 2.20. The molecule has 0 radical (unpaired) electrons. The van der Waals surface area contributed by atoms with Crippen LogP contribution >= 0.6 is 0 Å². The van der Waals surface area contributed by atoms with Gasteiger partial charge in [-0.25, -0.2) is 19.2 Å².